The number of nitrogens with one attached hydrogen (secondary N) is 2. The van der Waals surface area contributed by atoms with Crippen LogP contribution in [0.3, 0.4) is 0 Å². The van der Waals surface area contributed by atoms with E-state index in [2.05, 4.69) is 25.6 Å². The molecule has 3 N–H and O–H groups in total. The second-order valence-electron chi connectivity index (χ2n) is 6.93. The van der Waals surface area contributed by atoms with E-state index < -0.39 is 6.10 Å². The van der Waals surface area contributed by atoms with E-state index in [0.717, 1.165) is 47.2 Å². The van der Waals surface area contributed by atoms with Crippen molar-refractivity contribution in [2.75, 3.05) is 0 Å². The molecule has 8 nitrogen and oxygen atoms in total. The molecule has 0 spiro atoms. The summed E-state index contributed by atoms with van der Waals surface area (Å²) in [5.41, 5.74) is 4.35. The van der Waals surface area contributed by atoms with Crippen LogP contribution in [0.25, 0.3) is 27.9 Å². The third kappa shape index (κ3) is 3.54. The molecule has 1 amide bonds. The first-order valence-electron chi connectivity index (χ1n) is 9.09. The minimum atomic E-state index is -0.448. The second kappa shape index (κ2) is 7.76. The van der Waals surface area contributed by atoms with E-state index in [1.54, 1.807) is 29.3 Å². The molecule has 0 radical (unpaired) electrons. The number of rotatable bonds is 4. The predicted octanol–water partition coefficient (Wildman–Crippen LogP) is 3.13. The number of amides is 1. The van der Waals surface area contributed by atoms with Gasteiger partial charge in [0.1, 0.15) is 0 Å². The fourth-order valence-corrected chi connectivity index (χ4v) is 4.39. The van der Waals surface area contributed by atoms with E-state index in [9.17, 15) is 9.90 Å². The van der Waals surface area contributed by atoms with Gasteiger partial charge in [-0.25, -0.2) is 9.50 Å². The first-order chi connectivity index (χ1) is 13.7. The molecule has 4 heterocycles. The number of aliphatic hydroxyl groups is 1. The average Bonchev–Trinajstić information content (AvgIpc) is 3.48. The number of H-pyrrole nitrogens is 1. The lowest BCUT2D eigenvalue weighted by molar-refractivity contribution is 0.0877. The number of carbonyl (C=O) groups is 1. The lowest BCUT2D eigenvalue weighted by Gasteiger charge is -2.15. The fraction of sp³-hybridized carbons (Fsp3) is 0.300. The van der Waals surface area contributed by atoms with Gasteiger partial charge in [-0.3, -0.25) is 9.89 Å². The monoisotopic (exact) mass is 410 g/mol. The van der Waals surface area contributed by atoms with Gasteiger partial charge in [0.25, 0.3) is 5.91 Å². The van der Waals surface area contributed by atoms with Crippen molar-refractivity contribution in [3.05, 3.63) is 47.3 Å². The summed E-state index contributed by atoms with van der Waals surface area (Å²) in [7, 11) is 0. The maximum atomic E-state index is 12.5. The molecule has 0 saturated heterocycles. The van der Waals surface area contributed by atoms with Crippen molar-refractivity contribution in [2.24, 2.45) is 0 Å². The Morgan fingerprint density at radius 2 is 2.14 bits per heavy atom. The third-order valence-corrected chi connectivity index (χ3v) is 6.05. The summed E-state index contributed by atoms with van der Waals surface area (Å²) in [6.45, 7) is 0. The van der Waals surface area contributed by atoms with Gasteiger partial charge in [0.15, 0.2) is 5.65 Å². The van der Waals surface area contributed by atoms with Crippen LogP contribution in [0, 0.1) is 0 Å². The Morgan fingerprint density at radius 1 is 1.24 bits per heavy atom. The number of aromatic nitrogens is 5. The van der Waals surface area contributed by atoms with Crippen LogP contribution in [0.15, 0.2) is 42.4 Å². The maximum Gasteiger partial charge on any atom is 0.261 e. The molecule has 0 bridgehead atoms. The zero-order valence-corrected chi connectivity index (χ0v) is 15.7. The first-order valence-corrected chi connectivity index (χ1v) is 9.97. The van der Waals surface area contributed by atoms with Gasteiger partial charge in [0.05, 0.1) is 29.4 Å². The lowest BCUT2D eigenvalue weighted by atomic mass is 10.1. The molecular weight excluding hydrogens is 388 g/mol. The number of hydrogen-bond donors (Lipinski definition) is 3. The smallest absolute Gasteiger partial charge is 0.261 e. The van der Waals surface area contributed by atoms with Gasteiger partial charge in [-0.15, -0.1) is 11.3 Å². The third-order valence-electron chi connectivity index (χ3n) is 5.12. The molecule has 2 atom stereocenters. The number of hydrogen-bond acceptors (Lipinski definition) is 6. The van der Waals surface area contributed by atoms with E-state index >= 15 is 0 Å². The van der Waals surface area contributed by atoms with Crippen LogP contribution in [0.2, 0.25) is 0 Å². The number of aromatic amines is 1. The molecular formula is C20H22N6O2S. The number of thiophene rings is 1. The van der Waals surface area contributed by atoms with E-state index in [0.29, 0.717) is 4.88 Å². The Morgan fingerprint density at radius 3 is 2.90 bits per heavy atom. The summed E-state index contributed by atoms with van der Waals surface area (Å²) in [6.07, 6.45) is 11.0. The summed E-state index contributed by atoms with van der Waals surface area (Å²) in [4.78, 5) is 17.7. The van der Waals surface area contributed by atoms with Gasteiger partial charge in [-0.1, -0.05) is 7.43 Å². The van der Waals surface area contributed by atoms with E-state index in [1.165, 1.54) is 11.3 Å². The van der Waals surface area contributed by atoms with Crippen molar-refractivity contribution >= 4 is 22.9 Å². The molecule has 0 aromatic carbocycles. The highest BCUT2D eigenvalue weighted by Gasteiger charge is 2.27. The standard InChI is InChI=1S/C19H18N6O2S.CH4/c26-16-3-1-2-15(16)24-19(27)17-4-11(10-28-17)14-8-23-25-9-13(5-20-18(14)25)12-6-21-22-7-12;/h4-10,15-16,26H,1-3H2,(H,21,22)(H,24,27);1H4/t15-,16-;/m0./s1. The highest BCUT2D eigenvalue weighted by atomic mass is 32.1. The van der Waals surface area contributed by atoms with Crippen molar-refractivity contribution in [3.63, 3.8) is 0 Å². The topological polar surface area (TPSA) is 108 Å². The molecule has 1 saturated carbocycles. The average molecular weight is 411 g/mol. The normalized spacial score (nSPS) is 18.7. The minimum absolute atomic E-state index is 0. The SMILES string of the molecule is C.O=C(N[C@H]1CCC[C@@H]1O)c1cc(-c2cnn3cc(-c4cn[nH]c4)cnc23)cs1. The summed E-state index contributed by atoms with van der Waals surface area (Å²) in [6, 6.07) is 1.70. The molecule has 1 fully saturated rings. The first kappa shape index (κ1) is 19.3. The van der Waals surface area contributed by atoms with E-state index in [1.807, 2.05) is 17.6 Å². The Bertz CT molecular complexity index is 1130. The number of carbonyl (C=O) groups excluding carboxylic acids is 1. The van der Waals surface area contributed by atoms with Gasteiger partial charge >= 0.3 is 0 Å². The van der Waals surface area contributed by atoms with Crippen molar-refractivity contribution in [2.45, 2.75) is 38.8 Å². The second-order valence-corrected chi connectivity index (χ2v) is 7.85. The molecule has 1 aliphatic rings. The number of nitrogens with zero attached hydrogens (tertiary/aromatic N) is 4. The molecule has 0 unspecified atom stereocenters. The van der Waals surface area contributed by atoms with Crippen LogP contribution in [0.5, 0.6) is 0 Å². The van der Waals surface area contributed by atoms with Crippen LogP contribution in [0.4, 0.5) is 0 Å². The zero-order valence-electron chi connectivity index (χ0n) is 14.9. The van der Waals surface area contributed by atoms with Gasteiger partial charge in [-0.05, 0) is 36.3 Å². The van der Waals surface area contributed by atoms with Crippen LogP contribution < -0.4 is 5.32 Å². The van der Waals surface area contributed by atoms with Gasteiger partial charge in [0.2, 0.25) is 0 Å². The van der Waals surface area contributed by atoms with Crippen LogP contribution >= 0.6 is 11.3 Å². The highest BCUT2D eigenvalue weighted by molar-refractivity contribution is 7.12. The summed E-state index contributed by atoms with van der Waals surface area (Å²) in [5, 5.41) is 25.9. The fourth-order valence-electron chi connectivity index (χ4n) is 3.58. The van der Waals surface area contributed by atoms with Gasteiger partial charge in [0, 0.05) is 35.3 Å². The largest absolute Gasteiger partial charge is 0.391 e. The Balaban J connectivity index is 0.00000205. The van der Waals surface area contributed by atoms with Crippen LogP contribution in [-0.2, 0) is 0 Å². The minimum Gasteiger partial charge on any atom is -0.391 e. The number of aliphatic hydroxyl groups excluding tert-OH is 1. The van der Waals surface area contributed by atoms with E-state index in [4.69, 9.17) is 0 Å². The summed E-state index contributed by atoms with van der Waals surface area (Å²) >= 11 is 1.38. The maximum absolute atomic E-state index is 12.5. The molecule has 9 heteroatoms. The van der Waals surface area contributed by atoms with Crippen molar-refractivity contribution < 1.29 is 9.90 Å². The zero-order chi connectivity index (χ0) is 19.1. The molecule has 5 rings (SSSR count). The van der Waals surface area contributed by atoms with Crippen LogP contribution in [0.1, 0.15) is 36.4 Å². The highest BCUT2D eigenvalue weighted by Crippen LogP contribution is 2.29. The van der Waals surface area contributed by atoms with Crippen molar-refractivity contribution in [1.82, 2.24) is 30.1 Å². The molecule has 0 aliphatic heterocycles. The molecule has 1 aliphatic carbocycles. The quantitative estimate of drug-likeness (QED) is 0.479. The predicted molar refractivity (Wildman–Crippen MR) is 112 cm³/mol. The van der Waals surface area contributed by atoms with Gasteiger partial charge < -0.3 is 10.4 Å². The number of fused-ring (bicyclic) bond motifs is 1. The lowest BCUT2D eigenvalue weighted by Crippen LogP contribution is -2.39. The van der Waals surface area contributed by atoms with E-state index in [-0.39, 0.29) is 19.4 Å². The van der Waals surface area contributed by atoms with Crippen LogP contribution in [-0.4, -0.2) is 48.0 Å². The Kier molecular flexibility index (Phi) is 5.16. The van der Waals surface area contributed by atoms with Crippen molar-refractivity contribution in [1.29, 1.82) is 0 Å². The van der Waals surface area contributed by atoms with Crippen molar-refractivity contribution in [3.8, 4) is 22.3 Å². The molecule has 29 heavy (non-hydrogen) atoms. The Labute approximate surface area is 171 Å². The summed E-state index contributed by atoms with van der Waals surface area (Å²) in [5.74, 6) is -0.145. The molecule has 150 valence electrons. The Hall–Kier alpha value is -3.04. The van der Waals surface area contributed by atoms with Gasteiger partial charge in [-0.2, -0.15) is 10.2 Å². The molecule has 4 aromatic heterocycles. The summed E-state index contributed by atoms with van der Waals surface area (Å²) < 4.78 is 1.73. The molecule has 4 aromatic rings.